The molecule has 0 aromatic heterocycles. The number of carbonyl (C=O) groups excluding carboxylic acids is 1. The molecule has 0 bridgehead atoms. The Morgan fingerprint density at radius 1 is 1.33 bits per heavy atom. The average Bonchev–Trinajstić information content (AvgIpc) is 2.17. The van der Waals surface area contributed by atoms with Crippen molar-refractivity contribution in [1.82, 2.24) is 0 Å². The normalized spacial score (nSPS) is 14.8. The smallest absolute Gasteiger partial charge is 0.146 e. The minimum absolute atomic E-state index is 0.784. The monoisotopic (exact) mass is 176 g/mol. The lowest BCUT2D eigenvalue weighted by Gasteiger charge is -2.11. The van der Waals surface area contributed by atoms with Crippen LogP contribution in [0.5, 0.6) is 0 Å². The second kappa shape index (κ2) is 3.15. The van der Waals surface area contributed by atoms with Gasteiger partial charge in [0.25, 0.3) is 0 Å². The number of carbonyl (C=O) groups is 1. The summed E-state index contributed by atoms with van der Waals surface area (Å²) in [6.07, 6.45) is 1.72. The molecule has 0 fully saturated rings. The van der Waals surface area contributed by atoms with Crippen LogP contribution in [-0.2, 0) is 11.2 Å². The van der Waals surface area contributed by atoms with E-state index in [0.717, 1.165) is 18.3 Å². The van der Waals surface area contributed by atoms with Crippen LogP contribution in [0.4, 0.5) is 0 Å². The SMILES string of the molecule is O=CC1=CSc2ccccc2C1. The van der Waals surface area contributed by atoms with Crippen molar-refractivity contribution in [2.45, 2.75) is 11.3 Å². The van der Waals surface area contributed by atoms with Gasteiger partial charge in [0.05, 0.1) is 0 Å². The summed E-state index contributed by atoms with van der Waals surface area (Å²) in [6, 6.07) is 8.18. The van der Waals surface area contributed by atoms with Crippen LogP contribution in [0.25, 0.3) is 0 Å². The Balaban J connectivity index is 2.36. The predicted octanol–water partition coefficient (Wildman–Crippen LogP) is 2.42. The first-order chi connectivity index (χ1) is 5.90. The van der Waals surface area contributed by atoms with E-state index in [1.807, 2.05) is 17.5 Å². The van der Waals surface area contributed by atoms with Gasteiger partial charge in [0.2, 0.25) is 0 Å². The maximum Gasteiger partial charge on any atom is 0.146 e. The molecule has 0 N–H and O–H groups in total. The number of aldehydes is 1. The summed E-state index contributed by atoms with van der Waals surface area (Å²) < 4.78 is 0. The number of thioether (sulfide) groups is 1. The summed E-state index contributed by atoms with van der Waals surface area (Å²) in [4.78, 5) is 11.8. The first-order valence-electron chi connectivity index (χ1n) is 3.79. The molecule has 0 aliphatic carbocycles. The molecule has 1 aromatic rings. The van der Waals surface area contributed by atoms with Crippen molar-refractivity contribution in [3.05, 3.63) is 40.8 Å². The quantitative estimate of drug-likeness (QED) is 0.611. The Labute approximate surface area is 75.5 Å². The molecule has 1 aliphatic rings. The highest BCUT2D eigenvalue weighted by molar-refractivity contribution is 8.02. The number of benzene rings is 1. The second-order valence-corrected chi connectivity index (χ2v) is 3.62. The molecule has 0 radical (unpaired) electrons. The third-order valence-corrected chi connectivity index (χ3v) is 2.93. The van der Waals surface area contributed by atoms with Crippen molar-refractivity contribution in [2.75, 3.05) is 0 Å². The second-order valence-electron chi connectivity index (χ2n) is 2.71. The van der Waals surface area contributed by atoms with Gasteiger partial charge in [-0.05, 0) is 17.0 Å². The average molecular weight is 176 g/mol. The van der Waals surface area contributed by atoms with Crippen molar-refractivity contribution < 1.29 is 4.79 Å². The lowest BCUT2D eigenvalue weighted by Crippen LogP contribution is -1.97. The van der Waals surface area contributed by atoms with Crippen molar-refractivity contribution in [1.29, 1.82) is 0 Å². The molecular weight excluding hydrogens is 168 g/mol. The van der Waals surface area contributed by atoms with E-state index in [9.17, 15) is 4.79 Å². The van der Waals surface area contributed by atoms with Crippen molar-refractivity contribution >= 4 is 18.0 Å². The first-order valence-corrected chi connectivity index (χ1v) is 4.67. The van der Waals surface area contributed by atoms with E-state index < -0.39 is 0 Å². The largest absolute Gasteiger partial charge is 0.298 e. The van der Waals surface area contributed by atoms with Crippen molar-refractivity contribution in [3.8, 4) is 0 Å². The maximum absolute atomic E-state index is 10.5. The van der Waals surface area contributed by atoms with Gasteiger partial charge in [0.15, 0.2) is 0 Å². The lowest BCUT2D eigenvalue weighted by molar-refractivity contribution is -0.105. The fourth-order valence-electron chi connectivity index (χ4n) is 1.24. The van der Waals surface area contributed by atoms with Gasteiger partial charge in [0.1, 0.15) is 6.29 Å². The van der Waals surface area contributed by atoms with Crippen LogP contribution in [0.3, 0.4) is 0 Å². The van der Waals surface area contributed by atoms with Gasteiger partial charge < -0.3 is 0 Å². The standard InChI is InChI=1S/C10H8OS/c11-6-8-5-9-3-1-2-4-10(9)12-7-8/h1-4,6-7H,5H2. The Bertz CT molecular complexity index is 341. The fourth-order valence-corrected chi connectivity index (χ4v) is 2.10. The van der Waals surface area contributed by atoms with Crippen molar-refractivity contribution in [3.63, 3.8) is 0 Å². The third-order valence-electron chi connectivity index (χ3n) is 1.86. The molecular formula is C10H8OS. The maximum atomic E-state index is 10.5. The van der Waals surface area contributed by atoms with E-state index in [2.05, 4.69) is 12.1 Å². The van der Waals surface area contributed by atoms with E-state index in [1.165, 1.54) is 10.5 Å². The molecule has 0 atom stereocenters. The minimum Gasteiger partial charge on any atom is -0.298 e. The number of rotatable bonds is 1. The fraction of sp³-hybridized carbons (Fsp3) is 0.100. The summed E-state index contributed by atoms with van der Waals surface area (Å²) in [5.74, 6) is 0. The lowest BCUT2D eigenvalue weighted by atomic mass is 10.1. The molecule has 0 saturated heterocycles. The topological polar surface area (TPSA) is 17.1 Å². The van der Waals surface area contributed by atoms with Crippen molar-refractivity contribution in [2.24, 2.45) is 0 Å². The zero-order valence-electron chi connectivity index (χ0n) is 6.49. The van der Waals surface area contributed by atoms with Gasteiger partial charge in [-0.2, -0.15) is 0 Å². The predicted molar refractivity (Wildman–Crippen MR) is 50.2 cm³/mol. The van der Waals surface area contributed by atoms with Crippen LogP contribution in [-0.4, -0.2) is 6.29 Å². The highest BCUT2D eigenvalue weighted by atomic mass is 32.2. The molecule has 12 heavy (non-hydrogen) atoms. The molecule has 0 spiro atoms. The molecule has 0 amide bonds. The third kappa shape index (κ3) is 1.30. The Hall–Kier alpha value is -1.02. The summed E-state index contributed by atoms with van der Waals surface area (Å²) in [6.45, 7) is 0. The number of allylic oxidation sites excluding steroid dienone is 1. The summed E-state index contributed by atoms with van der Waals surface area (Å²) in [7, 11) is 0. The summed E-state index contributed by atoms with van der Waals surface area (Å²) in [5, 5.41) is 1.93. The van der Waals surface area contributed by atoms with Gasteiger partial charge >= 0.3 is 0 Å². The summed E-state index contributed by atoms with van der Waals surface area (Å²) >= 11 is 1.63. The molecule has 1 nitrogen and oxygen atoms in total. The number of hydrogen-bond acceptors (Lipinski definition) is 2. The number of hydrogen-bond donors (Lipinski definition) is 0. The van der Waals surface area contributed by atoms with Gasteiger partial charge in [-0.1, -0.05) is 30.0 Å². The van der Waals surface area contributed by atoms with Gasteiger partial charge in [-0.3, -0.25) is 4.79 Å². The van der Waals surface area contributed by atoms with Crippen LogP contribution in [0, 0.1) is 0 Å². The Morgan fingerprint density at radius 3 is 3.00 bits per heavy atom. The van der Waals surface area contributed by atoms with E-state index >= 15 is 0 Å². The van der Waals surface area contributed by atoms with Gasteiger partial charge in [-0.25, -0.2) is 0 Å². The molecule has 0 saturated carbocycles. The van der Waals surface area contributed by atoms with E-state index in [1.54, 1.807) is 11.8 Å². The number of fused-ring (bicyclic) bond motifs is 1. The zero-order chi connectivity index (χ0) is 8.39. The van der Waals surface area contributed by atoms with Crippen LogP contribution < -0.4 is 0 Å². The minimum atomic E-state index is 0.784. The molecule has 0 unspecified atom stereocenters. The Kier molecular flexibility index (Phi) is 2.00. The Morgan fingerprint density at radius 2 is 2.17 bits per heavy atom. The van der Waals surface area contributed by atoms with Crippen LogP contribution >= 0.6 is 11.8 Å². The van der Waals surface area contributed by atoms with E-state index in [4.69, 9.17) is 0 Å². The van der Waals surface area contributed by atoms with Crippen LogP contribution in [0.15, 0.2) is 40.1 Å². The molecule has 2 heteroatoms. The molecule has 60 valence electrons. The van der Waals surface area contributed by atoms with Gasteiger partial charge in [-0.15, -0.1) is 0 Å². The first kappa shape index (κ1) is 7.62. The molecule has 1 aromatic carbocycles. The van der Waals surface area contributed by atoms with E-state index in [-0.39, 0.29) is 0 Å². The zero-order valence-corrected chi connectivity index (χ0v) is 7.30. The molecule has 2 rings (SSSR count). The van der Waals surface area contributed by atoms with Crippen LogP contribution in [0.2, 0.25) is 0 Å². The molecule has 1 heterocycles. The van der Waals surface area contributed by atoms with Crippen LogP contribution in [0.1, 0.15) is 5.56 Å². The van der Waals surface area contributed by atoms with E-state index in [0.29, 0.717) is 0 Å². The highest BCUT2D eigenvalue weighted by Gasteiger charge is 2.09. The molecule has 1 aliphatic heterocycles. The van der Waals surface area contributed by atoms with Gasteiger partial charge in [0, 0.05) is 16.9 Å². The highest BCUT2D eigenvalue weighted by Crippen LogP contribution is 2.30. The summed E-state index contributed by atoms with van der Waals surface area (Å²) in [5.41, 5.74) is 2.13.